The average molecular weight is 288 g/mol. The molecule has 0 aromatic carbocycles. The molecule has 0 radical (unpaired) electrons. The number of hydrogen-bond acceptors (Lipinski definition) is 6. The van der Waals surface area contributed by atoms with Crippen LogP contribution in [0.1, 0.15) is 54.4 Å². The summed E-state index contributed by atoms with van der Waals surface area (Å²) in [6, 6.07) is 0. The topological polar surface area (TPSA) is 77.7 Å². The van der Waals surface area contributed by atoms with E-state index in [0.717, 1.165) is 0 Å². The summed E-state index contributed by atoms with van der Waals surface area (Å²) in [5.41, 5.74) is -0.0523. The molecular weight excluding hydrogens is 264 g/mol. The molecule has 0 aliphatic carbocycles. The van der Waals surface area contributed by atoms with Gasteiger partial charge in [0.05, 0.1) is 5.92 Å². The van der Waals surface area contributed by atoms with Crippen LogP contribution in [-0.4, -0.2) is 18.2 Å². The van der Waals surface area contributed by atoms with Gasteiger partial charge in [0, 0.05) is 0 Å². The lowest BCUT2D eigenvalue weighted by Crippen LogP contribution is -2.28. The zero-order valence-corrected chi connectivity index (χ0v) is 13.0. The van der Waals surface area contributed by atoms with Crippen LogP contribution in [0, 0.1) is 16.7 Å². The average Bonchev–Trinajstić information content (AvgIpc) is 3.03. The second-order valence-electron chi connectivity index (χ2n) is 7.56. The number of rotatable bonds is 4. The van der Waals surface area contributed by atoms with Gasteiger partial charge >= 0.3 is 18.2 Å². The molecule has 0 atom stereocenters. The normalized spacial score (nSPS) is 16.1. The zero-order valence-electron chi connectivity index (χ0n) is 13.0. The van der Waals surface area contributed by atoms with Gasteiger partial charge in [0.1, 0.15) is 0 Å². The Kier molecular flexibility index (Phi) is 5.15. The Labute approximate surface area is 119 Å². The van der Waals surface area contributed by atoms with Gasteiger partial charge in [0.2, 0.25) is 0 Å². The highest BCUT2D eigenvalue weighted by Gasteiger charge is 2.39. The van der Waals surface area contributed by atoms with Crippen LogP contribution in [0.4, 0.5) is 0 Å². The Morgan fingerprint density at radius 2 is 1.40 bits per heavy atom. The molecule has 1 aliphatic rings. The Morgan fingerprint density at radius 1 is 0.950 bits per heavy atom. The maximum Gasteiger partial charge on any atom is 0.417 e. The van der Waals surface area contributed by atoms with Crippen LogP contribution in [0.2, 0.25) is 0 Å². The molecule has 6 nitrogen and oxygen atoms in total. The van der Waals surface area contributed by atoms with Gasteiger partial charge in [-0.3, -0.25) is 0 Å². The van der Waals surface area contributed by atoms with Crippen LogP contribution in [0.5, 0.6) is 0 Å². The van der Waals surface area contributed by atoms with Crippen molar-refractivity contribution in [1.29, 1.82) is 0 Å². The lowest BCUT2D eigenvalue weighted by atomic mass is 9.77. The highest BCUT2D eigenvalue weighted by molar-refractivity contribution is 5.76. The summed E-state index contributed by atoms with van der Waals surface area (Å²) in [5, 5.41) is 0. The lowest BCUT2D eigenvalue weighted by Gasteiger charge is -2.28. The van der Waals surface area contributed by atoms with Crippen LogP contribution >= 0.6 is 0 Å². The van der Waals surface area contributed by atoms with Gasteiger partial charge in [-0.05, 0) is 23.7 Å². The third-order valence-electron chi connectivity index (χ3n) is 2.64. The molecule has 1 aliphatic heterocycles. The van der Waals surface area contributed by atoms with Gasteiger partial charge in [-0.15, -0.1) is 0 Å². The minimum Gasteiger partial charge on any atom is -0.247 e. The Balaban J connectivity index is 2.55. The molecule has 1 fully saturated rings. The molecule has 0 N–H and O–H groups in total. The first-order valence-corrected chi connectivity index (χ1v) is 6.72. The first kappa shape index (κ1) is 16.9. The highest BCUT2D eigenvalue weighted by atomic mass is 17.4. The van der Waals surface area contributed by atoms with Crippen molar-refractivity contribution in [1.82, 2.24) is 0 Å². The van der Waals surface area contributed by atoms with E-state index in [9.17, 15) is 9.59 Å². The van der Waals surface area contributed by atoms with E-state index in [2.05, 4.69) is 19.6 Å². The van der Waals surface area contributed by atoms with Crippen molar-refractivity contribution in [3.63, 3.8) is 0 Å². The number of carbonyl (C=O) groups excluding carboxylic acids is 2. The first-order chi connectivity index (χ1) is 8.98. The van der Waals surface area contributed by atoms with E-state index >= 15 is 0 Å². The molecule has 0 aromatic heterocycles. The van der Waals surface area contributed by atoms with Gasteiger partial charge in [0.15, 0.2) is 0 Å². The van der Waals surface area contributed by atoms with Gasteiger partial charge in [-0.2, -0.15) is 9.78 Å². The van der Waals surface area contributed by atoms with Crippen molar-refractivity contribution in [2.24, 2.45) is 16.7 Å². The predicted molar refractivity (Wildman–Crippen MR) is 69.8 cm³/mol. The van der Waals surface area contributed by atoms with Crippen molar-refractivity contribution in [3.05, 3.63) is 0 Å². The maximum absolute atomic E-state index is 12.1. The van der Waals surface area contributed by atoms with Gasteiger partial charge in [-0.1, -0.05) is 41.5 Å². The van der Waals surface area contributed by atoms with Crippen LogP contribution in [0.15, 0.2) is 0 Å². The summed E-state index contributed by atoms with van der Waals surface area (Å²) < 4.78 is 0. The van der Waals surface area contributed by atoms with E-state index in [1.807, 2.05) is 41.5 Å². The van der Waals surface area contributed by atoms with Crippen LogP contribution in [0.25, 0.3) is 0 Å². The smallest absolute Gasteiger partial charge is 0.247 e. The summed E-state index contributed by atoms with van der Waals surface area (Å²) in [6.07, 6.45) is 0.236. The molecule has 0 spiro atoms. The molecular formula is C14H24O6. The maximum atomic E-state index is 12.1. The lowest BCUT2D eigenvalue weighted by molar-refractivity contribution is -0.264. The number of hydrogen-bond donors (Lipinski definition) is 0. The predicted octanol–water partition coefficient (Wildman–Crippen LogP) is 2.76. The summed E-state index contributed by atoms with van der Waals surface area (Å²) in [6.45, 7) is 12.3. The Morgan fingerprint density at radius 3 is 1.75 bits per heavy atom. The summed E-state index contributed by atoms with van der Waals surface area (Å²) >= 11 is 0. The third kappa shape index (κ3) is 6.86. The van der Waals surface area contributed by atoms with E-state index < -0.39 is 18.2 Å². The summed E-state index contributed by atoms with van der Waals surface area (Å²) in [5.74, 6) is -1.73. The Bertz CT molecular complexity index is 343. The molecule has 1 saturated heterocycles. The van der Waals surface area contributed by atoms with Gasteiger partial charge in [0.25, 0.3) is 0 Å². The van der Waals surface area contributed by atoms with Gasteiger partial charge < -0.3 is 0 Å². The van der Waals surface area contributed by atoms with E-state index in [4.69, 9.17) is 0 Å². The highest BCUT2D eigenvalue weighted by Crippen LogP contribution is 2.33. The van der Waals surface area contributed by atoms with Crippen molar-refractivity contribution < 1.29 is 29.1 Å². The standard InChI is InChI=1S/C14H24O6/c1-13(2,3)7-9(8-14(4,5)6)10(15)17-18-11(16)12-19-20-12/h9,12H,7-8H2,1-6H3. The molecule has 0 aromatic rings. The van der Waals surface area contributed by atoms with Crippen molar-refractivity contribution >= 4 is 11.9 Å². The van der Waals surface area contributed by atoms with E-state index in [1.165, 1.54) is 0 Å². The van der Waals surface area contributed by atoms with E-state index in [1.54, 1.807) is 0 Å². The van der Waals surface area contributed by atoms with Crippen molar-refractivity contribution in [3.8, 4) is 0 Å². The molecule has 0 amide bonds. The molecule has 116 valence electrons. The summed E-state index contributed by atoms with van der Waals surface area (Å²) in [7, 11) is 0. The number of carbonyl (C=O) groups is 2. The Hall–Kier alpha value is -1.14. The second-order valence-corrected chi connectivity index (χ2v) is 7.56. The SMILES string of the molecule is CC(C)(C)CC(CC(C)(C)C)C(=O)OOC(=O)C1OO1. The summed E-state index contributed by atoms with van der Waals surface area (Å²) in [4.78, 5) is 40.7. The fraction of sp³-hybridized carbons (Fsp3) is 0.857. The minimum absolute atomic E-state index is 0.0261. The molecule has 1 rings (SSSR count). The fourth-order valence-electron chi connectivity index (χ4n) is 2.01. The largest absolute Gasteiger partial charge is 0.417 e. The van der Waals surface area contributed by atoms with E-state index in [-0.39, 0.29) is 16.7 Å². The second kappa shape index (κ2) is 6.10. The van der Waals surface area contributed by atoms with Crippen LogP contribution in [-0.2, 0) is 29.1 Å². The first-order valence-electron chi connectivity index (χ1n) is 6.72. The fourth-order valence-corrected chi connectivity index (χ4v) is 2.01. The third-order valence-corrected chi connectivity index (χ3v) is 2.64. The minimum atomic E-state index is -1.06. The molecule has 1 heterocycles. The molecule has 6 heteroatoms. The molecule has 20 heavy (non-hydrogen) atoms. The van der Waals surface area contributed by atoms with Gasteiger partial charge in [-0.25, -0.2) is 19.4 Å². The molecule has 0 unspecified atom stereocenters. The molecule has 0 saturated carbocycles. The van der Waals surface area contributed by atoms with E-state index in [0.29, 0.717) is 12.8 Å². The van der Waals surface area contributed by atoms with Crippen molar-refractivity contribution in [2.45, 2.75) is 60.7 Å². The monoisotopic (exact) mass is 288 g/mol. The quantitative estimate of drug-likeness (QED) is 0.449. The van der Waals surface area contributed by atoms with Crippen molar-refractivity contribution in [2.75, 3.05) is 0 Å². The molecule has 0 bridgehead atoms. The zero-order chi connectivity index (χ0) is 15.6. The van der Waals surface area contributed by atoms with Crippen LogP contribution < -0.4 is 0 Å². The van der Waals surface area contributed by atoms with Crippen LogP contribution in [0.3, 0.4) is 0 Å².